The Morgan fingerprint density at radius 3 is 2.58 bits per heavy atom. The zero-order chi connectivity index (χ0) is 26.8. The second kappa shape index (κ2) is 11.1. The van der Waals surface area contributed by atoms with Crippen molar-refractivity contribution in [3.63, 3.8) is 0 Å². The lowest BCUT2D eigenvalue weighted by atomic mass is 10.1. The number of thioether (sulfide) groups is 1. The summed E-state index contributed by atoms with van der Waals surface area (Å²) in [7, 11) is 2.08. The van der Waals surface area contributed by atoms with Crippen molar-refractivity contribution >= 4 is 50.9 Å². The number of anilines is 1. The normalized spacial score (nSPS) is 13.3. The Labute approximate surface area is 228 Å². The number of amides is 1. The highest BCUT2D eigenvalue weighted by Gasteiger charge is 2.24. The molecule has 0 unspecified atom stereocenters. The third kappa shape index (κ3) is 5.38. The van der Waals surface area contributed by atoms with E-state index in [1.165, 1.54) is 16.6 Å². The molecule has 0 fully saturated rings. The molecule has 0 saturated heterocycles. The van der Waals surface area contributed by atoms with Crippen LogP contribution in [0, 0.1) is 6.92 Å². The van der Waals surface area contributed by atoms with E-state index in [0.717, 1.165) is 41.2 Å². The summed E-state index contributed by atoms with van der Waals surface area (Å²) in [5.74, 6) is -0.578. The van der Waals surface area contributed by atoms with E-state index >= 15 is 0 Å². The molecule has 38 heavy (non-hydrogen) atoms. The number of carbonyl (C=O) groups is 2. The number of hydrogen-bond donors (Lipinski definition) is 1. The fraction of sp³-hybridized carbons (Fsp3) is 0.286. The molecule has 196 valence electrons. The van der Waals surface area contributed by atoms with Gasteiger partial charge >= 0.3 is 5.97 Å². The van der Waals surface area contributed by atoms with Crippen LogP contribution in [0.15, 0.2) is 58.5 Å². The number of fused-ring (bicyclic) bond motifs is 3. The first kappa shape index (κ1) is 26.1. The molecule has 1 N–H and O–H groups in total. The number of rotatable bonds is 7. The lowest BCUT2D eigenvalue weighted by molar-refractivity contribution is -0.113. The summed E-state index contributed by atoms with van der Waals surface area (Å²) in [5, 5.41) is 4.01. The van der Waals surface area contributed by atoms with E-state index in [1.807, 2.05) is 31.2 Å². The Balaban J connectivity index is 1.42. The minimum absolute atomic E-state index is 0.0667. The second-order valence-corrected chi connectivity index (χ2v) is 11.2. The molecule has 4 aromatic rings. The van der Waals surface area contributed by atoms with E-state index in [9.17, 15) is 14.4 Å². The monoisotopic (exact) mass is 548 g/mol. The van der Waals surface area contributed by atoms with Crippen molar-refractivity contribution in [3.8, 4) is 5.69 Å². The van der Waals surface area contributed by atoms with Crippen LogP contribution in [0.3, 0.4) is 0 Å². The maximum absolute atomic E-state index is 13.9. The van der Waals surface area contributed by atoms with Crippen LogP contribution in [0.5, 0.6) is 0 Å². The molecule has 0 atom stereocenters. The predicted octanol–water partition coefficient (Wildman–Crippen LogP) is 4.65. The van der Waals surface area contributed by atoms with Gasteiger partial charge in [0, 0.05) is 23.7 Å². The van der Waals surface area contributed by atoms with Gasteiger partial charge in [0.05, 0.1) is 29.0 Å². The lowest BCUT2D eigenvalue weighted by Crippen LogP contribution is -2.27. The van der Waals surface area contributed by atoms with Gasteiger partial charge in [-0.25, -0.2) is 9.78 Å². The van der Waals surface area contributed by atoms with Crippen LogP contribution < -0.4 is 10.9 Å². The molecule has 2 aromatic carbocycles. The first-order valence-electron chi connectivity index (χ1n) is 12.4. The van der Waals surface area contributed by atoms with Gasteiger partial charge in [0.15, 0.2) is 5.16 Å². The van der Waals surface area contributed by atoms with Crippen molar-refractivity contribution in [2.75, 3.05) is 31.3 Å². The maximum atomic E-state index is 13.9. The summed E-state index contributed by atoms with van der Waals surface area (Å²) < 4.78 is 6.62. The number of likely N-dealkylation sites (N-methyl/N-ethyl adjacent to an activating group) is 1. The van der Waals surface area contributed by atoms with Crippen molar-refractivity contribution in [1.82, 2.24) is 14.5 Å². The molecule has 0 spiro atoms. The van der Waals surface area contributed by atoms with Crippen molar-refractivity contribution in [2.24, 2.45) is 0 Å². The number of hydrogen-bond acceptors (Lipinski definition) is 8. The van der Waals surface area contributed by atoms with Crippen molar-refractivity contribution in [1.29, 1.82) is 0 Å². The highest BCUT2D eigenvalue weighted by molar-refractivity contribution is 7.99. The van der Waals surface area contributed by atoms with Gasteiger partial charge in [-0.05, 0) is 69.3 Å². The van der Waals surface area contributed by atoms with Crippen LogP contribution in [0.2, 0.25) is 0 Å². The van der Waals surface area contributed by atoms with Gasteiger partial charge < -0.3 is 15.0 Å². The van der Waals surface area contributed by atoms with Gasteiger partial charge in [-0.3, -0.25) is 14.2 Å². The Morgan fingerprint density at radius 2 is 1.87 bits per heavy atom. The first-order chi connectivity index (χ1) is 18.3. The van der Waals surface area contributed by atoms with E-state index in [1.54, 1.807) is 47.1 Å². The molecule has 0 bridgehead atoms. The Hall–Kier alpha value is -3.47. The first-order valence-corrected chi connectivity index (χ1v) is 14.2. The van der Waals surface area contributed by atoms with Gasteiger partial charge in [0.1, 0.15) is 4.83 Å². The summed E-state index contributed by atoms with van der Waals surface area (Å²) in [6.45, 7) is 5.76. The highest BCUT2D eigenvalue weighted by Crippen LogP contribution is 2.34. The average molecular weight is 549 g/mol. The molecule has 1 aliphatic rings. The molecule has 10 heteroatoms. The van der Waals surface area contributed by atoms with Crippen molar-refractivity contribution in [3.05, 3.63) is 80.5 Å². The van der Waals surface area contributed by atoms with Crippen molar-refractivity contribution < 1.29 is 14.3 Å². The summed E-state index contributed by atoms with van der Waals surface area (Å²) in [6, 6.07) is 14.3. The number of ether oxygens (including phenoxy) is 1. The zero-order valence-electron chi connectivity index (χ0n) is 21.4. The summed E-state index contributed by atoms with van der Waals surface area (Å²) in [6.07, 6.45) is 0.820. The van der Waals surface area contributed by atoms with Gasteiger partial charge in [-0.15, -0.1) is 11.3 Å². The molecule has 0 saturated carbocycles. The van der Waals surface area contributed by atoms with E-state index in [4.69, 9.17) is 9.72 Å². The molecule has 0 radical (unpaired) electrons. The topological polar surface area (TPSA) is 93.5 Å². The van der Waals surface area contributed by atoms with Crippen LogP contribution in [0.4, 0.5) is 5.69 Å². The number of nitrogens with one attached hydrogen (secondary N) is 1. The molecule has 1 aliphatic heterocycles. The number of esters is 1. The minimum Gasteiger partial charge on any atom is -0.462 e. The number of nitrogens with zero attached hydrogens (tertiary/aromatic N) is 3. The quantitative estimate of drug-likeness (QED) is 0.204. The second-order valence-electron chi connectivity index (χ2n) is 9.18. The molecule has 2 aromatic heterocycles. The third-order valence-corrected chi connectivity index (χ3v) is 8.39. The van der Waals surface area contributed by atoms with Crippen LogP contribution in [0.1, 0.15) is 33.3 Å². The molecule has 0 aliphatic carbocycles. The van der Waals surface area contributed by atoms with E-state index in [0.29, 0.717) is 28.4 Å². The number of thiophene rings is 1. The minimum atomic E-state index is -0.404. The standard InChI is InChI=1S/C28H28N4O4S2/c1-4-36-27(35)18-7-9-19(10-8-18)29-23(33)16-37-28-30-25-24(21-13-14-31(3)15-22(21)38-25)26(34)32(28)20-11-5-17(2)6-12-20/h5-12H,4,13-16H2,1-3H3,(H,29,33). The lowest BCUT2D eigenvalue weighted by Gasteiger charge is -2.21. The molecule has 3 heterocycles. The molecule has 8 nitrogen and oxygen atoms in total. The highest BCUT2D eigenvalue weighted by atomic mass is 32.2. The van der Waals surface area contributed by atoms with E-state index < -0.39 is 5.97 Å². The molecule has 5 rings (SSSR count). The molecule has 1 amide bonds. The van der Waals surface area contributed by atoms with Crippen LogP contribution >= 0.6 is 23.1 Å². The Morgan fingerprint density at radius 1 is 1.13 bits per heavy atom. The summed E-state index contributed by atoms with van der Waals surface area (Å²) in [5.41, 5.74) is 3.80. The summed E-state index contributed by atoms with van der Waals surface area (Å²) in [4.78, 5) is 47.6. The summed E-state index contributed by atoms with van der Waals surface area (Å²) >= 11 is 2.79. The van der Waals surface area contributed by atoms with Gasteiger partial charge in [-0.2, -0.15) is 0 Å². The van der Waals surface area contributed by atoms with Gasteiger partial charge in [0.2, 0.25) is 5.91 Å². The number of benzene rings is 2. The van der Waals surface area contributed by atoms with Crippen LogP contribution in [-0.2, 0) is 22.5 Å². The van der Waals surface area contributed by atoms with Crippen LogP contribution in [0.25, 0.3) is 15.9 Å². The predicted molar refractivity (Wildman–Crippen MR) is 152 cm³/mol. The maximum Gasteiger partial charge on any atom is 0.338 e. The fourth-order valence-electron chi connectivity index (χ4n) is 4.40. The zero-order valence-corrected chi connectivity index (χ0v) is 23.1. The van der Waals surface area contributed by atoms with Crippen molar-refractivity contribution in [2.45, 2.75) is 32.0 Å². The largest absolute Gasteiger partial charge is 0.462 e. The number of aromatic nitrogens is 2. The fourth-order valence-corrected chi connectivity index (χ4v) is 6.55. The average Bonchev–Trinajstić information content (AvgIpc) is 3.26. The molecular weight excluding hydrogens is 520 g/mol. The number of aryl methyl sites for hydroxylation is 1. The van der Waals surface area contributed by atoms with Gasteiger partial charge in [0.25, 0.3) is 5.56 Å². The Kier molecular flexibility index (Phi) is 7.64. The van der Waals surface area contributed by atoms with E-state index in [-0.39, 0.29) is 17.2 Å². The SMILES string of the molecule is CCOC(=O)c1ccc(NC(=O)CSc2nc3sc4c(c3c(=O)n2-c2ccc(C)cc2)CCN(C)C4)cc1. The number of carbonyl (C=O) groups excluding carboxylic acids is 2. The third-order valence-electron chi connectivity index (χ3n) is 6.34. The van der Waals surface area contributed by atoms with E-state index in [2.05, 4.69) is 17.3 Å². The Bertz CT molecular complexity index is 1560. The molecular formula is C28H28N4O4S2. The van der Waals surface area contributed by atoms with Crippen LogP contribution in [-0.4, -0.2) is 52.3 Å². The van der Waals surface area contributed by atoms with Gasteiger partial charge in [-0.1, -0.05) is 29.5 Å². The smallest absolute Gasteiger partial charge is 0.338 e.